The van der Waals surface area contributed by atoms with Gasteiger partial charge in [-0.05, 0) is 0 Å². The van der Waals surface area contributed by atoms with Crippen LogP contribution in [0.25, 0.3) is 0 Å². The van der Waals surface area contributed by atoms with Gasteiger partial charge >= 0.3 is 30.4 Å². The molecule has 0 aliphatic carbocycles. The molecule has 0 N–H and O–H groups in total. The van der Waals surface area contributed by atoms with Crippen LogP contribution in [0.4, 0.5) is 62.8 Å². The smallest absolute Gasteiger partial charge is 0.258 e. The van der Waals surface area contributed by atoms with Crippen LogP contribution in [0.2, 0.25) is 0 Å². The van der Waals surface area contributed by atoms with Crippen LogP contribution in [0.15, 0.2) is 24.3 Å². The van der Waals surface area contributed by atoms with Crippen molar-refractivity contribution >= 4 is 5.69 Å². The second kappa shape index (κ2) is 6.90. The van der Waals surface area contributed by atoms with Crippen LogP contribution < -0.4 is 0 Å². The quantitative estimate of drug-likeness (QED) is 0.307. The topological polar surface area (TPSA) is 43.1 Å². The maximum Gasteiger partial charge on any atom is 0.459 e. The van der Waals surface area contributed by atoms with E-state index in [4.69, 9.17) is 0 Å². The van der Waals surface area contributed by atoms with Gasteiger partial charge in [0.25, 0.3) is 5.69 Å². The maximum absolute atomic E-state index is 13.9. The third-order valence-electron chi connectivity index (χ3n) is 3.90. The molecule has 0 bridgehead atoms. The van der Waals surface area contributed by atoms with Crippen molar-refractivity contribution in [1.82, 2.24) is 0 Å². The first-order valence-corrected chi connectivity index (χ1v) is 6.83. The zero-order chi connectivity index (χ0) is 23.3. The molecule has 0 spiro atoms. The van der Waals surface area contributed by atoms with Crippen LogP contribution in [0.3, 0.4) is 0 Å². The van der Waals surface area contributed by atoms with Crippen molar-refractivity contribution in [2.75, 3.05) is 0 Å². The molecule has 1 aromatic carbocycles. The molecular formula is C13H6F13NO2. The van der Waals surface area contributed by atoms with Gasteiger partial charge in [0.2, 0.25) is 5.41 Å². The Labute approximate surface area is 151 Å². The maximum atomic E-state index is 13.9. The third-order valence-corrected chi connectivity index (χ3v) is 3.90. The molecule has 3 nitrogen and oxygen atoms in total. The van der Waals surface area contributed by atoms with Gasteiger partial charge in [-0.3, -0.25) is 10.1 Å². The molecular weight excluding hydrogens is 449 g/mol. The van der Waals surface area contributed by atoms with E-state index in [1.54, 1.807) is 0 Å². The van der Waals surface area contributed by atoms with E-state index in [0.717, 1.165) is 0 Å². The van der Waals surface area contributed by atoms with Crippen LogP contribution in [-0.2, 0) is 6.42 Å². The number of halogens is 13. The van der Waals surface area contributed by atoms with Crippen molar-refractivity contribution in [3.05, 3.63) is 39.9 Å². The number of rotatable bonds is 5. The lowest BCUT2D eigenvalue weighted by Crippen LogP contribution is -2.71. The van der Waals surface area contributed by atoms with E-state index in [9.17, 15) is 67.2 Å². The zero-order valence-corrected chi connectivity index (χ0v) is 13.2. The van der Waals surface area contributed by atoms with Gasteiger partial charge in [0, 0.05) is 18.1 Å². The number of hydrogen-bond donors (Lipinski definition) is 0. The molecule has 0 fully saturated rings. The highest BCUT2D eigenvalue weighted by molar-refractivity contribution is 5.41. The van der Waals surface area contributed by atoms with Crippen LogP contribution in [-0.4, -0.2) is 35.3 Å². The molecule has 0 atom stereocenters. The van der Waals surface area contributed by atoms with Crippen molar-refractivity contribution in [2.45, 2.75) is 36.8 Å². The first-order chi connectivity index (χ1) is 12.6. The normalized spacial score (nSPS) is 14.8. The lowest BCUT2D eigenvalue weighted by molar-refractivity contribution is -0.460. The zero-order valence-electron chi connectivity index (χ0n) is 13.2. The van der Waals surface area contributed by atoms with Gasteiger partial charge in [-0.2, -0.15) is 57.1 Å². The predicted molar refractivity (Wildman–Crippen MR) is 67.3 cm³/mol. The van der Waals surface area contributed by atoms with Gasteiger partial charge < -0.3 is 0 Å². The van der Waals surface area contributed by atoms with Gasteiger partial charge in [0.05, 0.1) is 4.92 Å². The Morgan fingerprint density at radius 2 is 1.10 bits per heavy atom. The number of nitro benzene ring substituents is 1. The Morgan fingerprint density at radius 3 is 1.45 bits per heavy atom. The molecule has 1 aromatic rings. The average molecular weight is 455 g/mol. The summed E-state index contributed by atoms with van der Waals surface area (Å²) in [6.07, 6.45) is -25.7. The fourth-order valence-corrected chi connectivity index (χ4v) is 2.40. The van der Waals surface area contributed by atoms with Crippen molar-refractivity contribution < 1.29 is 62.0 Å². The largest absolute Gasteiger partial charge is 0.459 e. The van der Waals surface area contributed by atoms with Gasteiger partial charge in [-0.1, -0.05) is 18.2 Å². The second-order valence-electron chi connectivity index (χ2n) is 5.61. The molecule has 0 aliphatic heterocycles. The van der Waals surface area contributed by atoms with E-state index in [2.05, 4.69) is 0 Å². The second-order valence-corrected chi connectivity index (χ2v) is 5.61. The molecule has 0 aliphatic rings. The summed E-state index contributed by atoms with van der Waals surface area (Å²) >= 11 is 0. The monoisotopic (exact) mass is 455 g/mol. The molecule has 0 unspecified atom stereocenters. The SMILES string of the molecule is O=[N+]([O-])c1ccccc1CC(C(F)(F)F)(C(F)(F)F)C(F)(F)C(F)(F)C(F)(F)F. The summed E-state index contributed by atoms with van der Waals surface area (Å²) in [5.41, 5.74) is -10.4. The predicted octanol–water partition coefficient (Wildman–Crippen LogP) is 6.08. The molecule has 166 valence electrons. The molecule has 0 aromatic heterocycles. The summed E-state index contributed by atoms with van der Waals surface area (Å²) in [4.78, 5) is 9.12. The number of para-hydroxylation sites is 1. The van der Waals surface area contributed by atoms with Gasteiger partial charge in [-0.25, -0.2) is 0 Å². The van der Waals surface area contributed by atoms with Crippen LogP contribution in [0, 0.1) is 15.5 Å². The minimum atomic E-state index is -7.83. The summed E-state index contributed by atoms with van der Waals surface area (Å²) in [6, 6.07) is 1.58. The molecule has 0 amide bonds. The molecule has 0 saturated heterocycles. The van der Waals surface area contributed by atoms with E-state index in [1.807, 2.05) is 0 Å². The van der Waals surface area contributed by atoms with Crippen molar-refractivity contribution in [3.8, 4) is 0 Å². The van der Waals surface area contributed by atoms with Crippen LogP contribution in [0.5, 0.6) is 0 Å². The summed E-state index contributed by atoms with van der Waals surface area (Å²) in [6.45, 7) is 0. The van der Waals surface area contributed by atoms with Crippen molar-refractivity contribution in [2.24, 2.45) is 5.41 Å². The van der Waals surface area contributed by atoms with E-state index < -0.39 is 58.4 Å². The van der Waals surface area contributed by atoms with E-state index >= 15 is 0 Å². The minimum Gasteiger partial charge on any atom is -0.258 e. The van der Waals surface area contributed by atoms with Crippen LogP contribution >= 0.6 is 0 Å². The lowest BCUT2D eigenvalue weighted by Gasteiger charge is -2.45. The Balaban J connectivity index is 4.00. The first kappa shape index (κ1) is 24.7. The number of nitro groups is 1. The highest BCUT2D eigenvalue weighted by Crippen LogP contribution is 2.66. The van der Waals surface area contributed by atoms with Gasteiger partial charge in [0.1, 0.15) is 0 Å². The fourth-order valence-electron chi connectivity index (χ4n) is 2.40. The van der Waals surface area contributed by atoms with Crippen molar-refractivity contribution in [1.29, 1.82) is 0 Å². The van der Waals surface area contributed by atoms with Gasteiger partial charge in [0.15, 0.2) is 0 Å². The summed E-state index contributed by atoms with van der Waals surface area (Å²) in [5, 5.41) is 10.7. The number of nitrogens with zero attached hydrogens (tertiary/aromatic N) is 1. The molecule has 0 saturated carbocycles. The van der Waals surface area contributed by atoms with E-state index in [0.29, 0.717) is 12.1 Å². The summed E-state index contributed by atoms with van der Waals surface area (Å²) in [5.74, 6) is -15.6. The fraction of sp³-hybridized carbons (Fsp3) is 0.538. The van der Waals surface area contributed by atoms with E-state index in [-0.39, 0.29) is 12.1 Å². The summed E-state index contributed by atoms with van der Waals surface area (Å²) < 4.78 is 171. The molecule has 1 rings (SSSR count). The summed E-state index contributed by atoms with van der Waals surface area (Å²) in [7, 11) is 0. The number of alkyl halides is 13. The Bertz CT molecular complexity index is 749. The number of hydrogen-bond acceptors (Lipinski definition) is 2. The van der Waals surface area contributed by atoms with Crippen molar-refractivity contribution in [3.63, 3.8) is 0 Å². The lowest BCUT2D eigenvalue weighted by atomic mass is 9.71. The Hall–Kier alpha value is -2.29. The molecule has 0 heterocycles. The third kappa shape index (κ3) is 3.68. The highest BCUT2D eigenvalue weighted by Gasteiger charge is 2.91. The average Bonchev–Trinajstić information content (AvgIpc) is 2.48. The molecule has 0 radical (unpaired) electrons. The first-order valence-electron chi connectivity index (χ1n) is 6.83. The van der Waals surface area contributed by atoms with Gasteiger partial charge in [-0.15, -0.1) is 0 Å². The van der Waals surface area contributed by atoms with Crippen LogP contribution in [0.1, 0.15) is 5.56 Å². The molecule has 29 heavy (non-hydrogen) atoms. The Morgan fingerprint density at radius 1 is 0.690 bits per heavy atom. The van der Waals surface area contributed by atoms with E-state index in [1.165, 1.54) is 0 Å². The molecule has 16 heteroatoms. The minimum absolute atomic E-state index is 0.0895. The standard InChI is InChI=1S/C13H6F13NO2/c14-9(15,10(16,17)13(24,25)26)8(11(18,19)20,12(21,22)23)5-6-3-1-2-4-7(6)27(28)29/h1-4H,5H2. The Kier molecular flexibility index (Phi) is 5.89. The highest BCUT2D eigenvalue weighted by atomic mass is 19.4. The number of benzene rings is 1.